The van der Waals surface area contributed by atoms with Crippen LogP contribution in [0.25, 0.3) is 11.0 Å². The summed E-state index contributed by atoms with van der Waals surface area (Å²) in [7, 11) is -3.83. The number of thiophene rings is 1. The molecule has 4 rings (SSSR count). The standard InChI is InChI=1S/C18H18N2O5S2/c1-12-6-7-15(26-12)27(22,23)19-16-13-4-2-3-5-14(13)25-17(16)18(21)20-8-10-24-11-9-20/h2-7,19H,8-11H2,1H3. The van der Waals surface area contributed by atoms with E-state index < -0.39 is 10.0 Å². The van der Waals surface area contributed by atoms with Crippen molar-refractivity contribution in [2.24, 2.45) is 0 Å². The van der Waals surface area contributed by atoms with E-state index in [4.69, 9.17) is 9.15 Å². The molecular weight excluding hydrogens is 388 g/mol. The number of amides is 1. The first-order chi connectivity index (χ1) is 13.0. The Hall–Kier alpha value is -2.36. The number of para-hydroxylation sites is 1. The Morgan fingerprint density at radius 3 is 2.59 bits per heavy atom. The van der Waals surface area contributed by atoms with E-state index in [1.807, 2.05) is 6.92 Å². The number of benzene rings is 1. The summed E-state index contributed by atoms with van der Waals surface area (Å²) in [4.78, 5) is 15.5. The molecule has 1 saturated heterocycles. The third kappa shape index (κ3) is 3.45. The van der Waals surface area contributed by atoms with Crippen molar-refractivity contribution < 1.29 is 22.4 Å². The predicted octanol–water partition coefficient (Wildman–Crippen LogP) is 3.08. The van der Waals surface area contributed by atoms with Crippen LogP contribution < -0.4 is 4.72 Å². The van der Waals surface area contributed by atoms with Crippen LogP contribution in [0.5, 0.6) is 0 Å². The first kappa shape index (κ1) is 18.0. The normalized spacial score (nSPS) is 15.2. The highest BCUT2D eigenvalue weighted by atomic mass is 32.2. The number of nitrogens with zero attached hydrogens (tertiary/aromatic N) is 1. The molecule has 9 heteroatoms. The van der Waals surface area contributed by atoms with Gasteiger partial charge in [-0.3, -0.25) is 9.52 Å². The van der Waals surface area contributed by atoms with E-state index in [-0.39, 0.29) is 21.6 Å². The minimum atomic E-state index is -3.83. The Labute approximate surface area is 160 Å². The summed E-state index contributed by atoms with van der Waals surface area (Å²) >= 11 is 1.17. The number of morpholine rings is 1. The number of carbonyl (C=O) groups is 1. The van der Waals surface area contributed by atoms with Gasteiger partial charge in [-0.15, -0.1) is 11.3 Å². The Morgan fingerprint density at radius 1 is 1.15 bits per heavy atom. The third-order valence-electron chi connectivity index (χ3n) is 4.31. The van der Waals surface area contributed by atoms with Crippen molar-refractivity contribution in [3.63, 3.8) is 0 Å². The van der Waals surface area contributed by atoms with Crippen LogP contribution in [0.2, 0.25) is 0 Å². The maximum Gasteiger partial charge on any atom is 0.291 e. The smallest absolute Gasteiger partial charge is 0.291 e. The second-order valence-electron chi connectivity index (χ2n) is 6.18. The van der Waals surface area contributed by atoms with E-state index in [1.165, 1.54) is 11.3 Å². The second kappa shape index (κ2) is 6.99. The van der Waals surface area contributed by atoms with Crippen molar-refractivity contribution >= 4 is 43.9 Å². The number of sulfonamides is 1. The van der Waals surface area contributed by atoms with Crippen molar-refractivity contribution in [3.05, 3.63) is 47.0 Å². The van der Waals surface area contributed by atoms with Crippen LogP contribution in [-0.4, -0.2) is 45.5 Å². The summed E-state index contributed by atoms with van der Waals surface area (Å²) in [6.07, 6.45) is 0. The lowest BCUT2D eigenvalue weighted by molar-refractivity contribution is 0.0285. The van der Waals surface area contributed by atoms with Gasteiger partial charge in [0.1, 0.15) is 15.5 Å². The van der Waals surface area contributed by atoms with Crippen molar-refractivity contribution in [1.29, 1.82) is 0 Å². The molecule has 142 valence electrons. The van der Waals surface area contributed by atoms with Gasteiger partial charge < -0.3 is 14.1 Å². The summed E-state index contributed by atoms with van der Waals surface area (Å²) < 4.78 is 39.4. The third-order valence-corrected chi connectivity index (χ3v) is 7.15. The maximum atomic E-state index is 13.0. The van der Waals surface area contributed by atoms with Gasteiger partial charge in [0.25, 0.3) is 15.9 Å². The van der Waals surface area contributed by atoms with Crippen LogP contribution in [0.3, 0.4) is 0 Å². The Balaban J connectivity index is 1.77. The molecule has 1 aliphatic heterocycles. The lowest BCUT2D eigenvalue weighted by Crippen LogP contribution is -2.40. The van der Waals surface area contributed by atoms with E-state index in [2.05, 4.69) is 4.72 Å². The molecule has 0 spiro atoms. The van der Waals surface area contributed by atoms with Gasteiger partial charge in [0.15, 0.2) is 0 Å². The van der Waals surface area contributed by atoms with Crippen molar-refractivity contribution in [1.82, 2.24) is 4.90 Å². The predicted molar refractivity (Wildman–Crippen MR) is 103 cm³/mol. The molecule has 2 aromatic heterocycles. The van der Waals surface area contributed by atoms with Crippen LogP contribution in [0.4, 0.5) is 5.69 Å². The number of rotatable bonds is 4. The lowest BCUT2D eigenvalue weighted by Gasteiger charge is -2.26. The number of aryl methyl sites for hydroxylation is 1. The fraction of sp³-hybridized carbons (Fsp3) is 0.278. The average molecular weight is 406 g/mol. The topological polar surface area (TPSA) is 88.9 Å². The van der Waals surface area contributed by atoms with E-state index in [9.17, 15) is 13.2 Å². The fourth-order valence-corrected chi connectivity index (χ4v) is 5.32. The largest absolute Gasteiger partial charge is 0.449 e. The number of furan rings is 1. The number of nitrogens with one attached hydrogen (secondary N) is 1. The van der Waals surface area contributed by atoms with Crippen molar-refractivity contribution in [3.8, 4) is 0 Å². The van der Waals surface area contributed by atoms with E-state index in [1.54, 1.807) is 41.3 Å². The Bertz CT molecular complexity index is 1090. The molecule has 0 bridgehead atoms. The number of ether oxygens (including phenoxy) is 1. The van der Waals surface area contributed by atoms with Gasteiger partial charge in [-0.2, -0.15) is 0 Å². The summed E-state index contributed by atoms with van der Waals surface area (Å²) in [5.41, 5.74) is 0.627. The molecule has 0 aliphatic carbocycles. The van der Waals surface area contributed by atoms with Gasteiger partial charge in [-0.1, -0.05) is 12.1 Å². The molecule has 27 heavy (non-hydrogen) atoms. The molecule has 1 aliphatic rings. The number of anilines is 1. The molecule has 0 atom stereocenters. The van der Waals surface area contributed by atoms with Crippen LogP contribution in [0.15, 0.2) is 45.0 Å². The van der Waals surface area contributed by atoms with Crippen molar-refractivity contribution in [2.75, 3.05) is 31.0 Å². The zero-order valence-corrected chi connectivity index (χ0v) is 16.2. The molecular formula is C18H18N2O5S2. The molecule has 0 radical (unpaired) electrons. The SMILES string of the molecule is Cc1ccc(S(=O)(=O)Nc2c(C(=O)N3CCOCC3)oc3ccccc23)s1. The Kier molecular flexibility index (Phi) is 4.67. The summed E-state index contributed by atoms with van der Waals surface area (Å²) in [5.74, 6) is -0.357. The summed E-state index contributed by atoms with van der Waals surface area (Å²) in [6.45, 7) is 3.60. The first-order valence-corrected chi connectivity index (χ1v) is 10.7. The highest BCUT2D eigenvalue weighted by molar-refractivity contribution is 7.94. The molecule has 1 amide bonds. The van der Waals surface area contributed by atoms with Crippen LogP contribution in [-0.2, 0) is 14.8 Å². The zero-order chi connectivity index (χ0) is 19.0. The fourth-order valence-electron chi connectivity index (χ4n) is 2.95. The Morgan fingerprint density at radius 2 is 1.89 bits per heavy atom. The van der Waals surface area contributed by atoms with Crippen molar-refractivity contribution in [2.45, 2.75) is 11.1 Å². The zero-order valence-electron chi connectivity index (χ0n) is 14.6. The summed E-state index contributed by atoms with van der Waals surface area (Å²) in [6, 6.07) is 10.3. The van der Waals surface area contributed by atoms with Gasteiger partial charge in [0.05, 0.1) is 13.2 Å². The lowest BCUT2D eigenvalue weighted by atomic mass is 10.2. The molecule has 1 aromatic carbocycles. The quantitative estimate of drug-likeness (QED) is 0.719. The number of hydrogen-bond donors (Lipinski definition) is 1. The van der Waals surface area contributed by atoms with Crippen LogP contribution >= 0.6 is 11.3 Å². The average Bonchev–Trinajstić information content (AvgIpc) is 3.26. The van der Waals surface area contributed by atoms with E-state index in [0.29, 0.717) is 37.3 Å². The molecule has 3 aromatic rings. The molecule has 3 heterocycles. The molecule has 7 nitrogen and oxygen atoms in total. The van der Waals surface area contributed by atoms with Crippen LogP contribution in [0, 0.1) is 6.92 Å². The summed E-state index contributed by atoms with van der Waals surface area (Å²) in [5, 5.41) is 0.547. The molecule has 0 unspecified atom stereocenters. The molecule has 1 N–H and O–H groups in total. The number of fused-ring (bicyclic) bond motifs is 1. The highest BCUT2D eigenvalue weighted by Gasteiger charge is 2.29. The monoisotopic (exact) mass is 406 g/mol. The van der Waals surface area contributed by atoms with E-state index in [0.717, 1.165) is 4.88 Å². The van der Waals surface area contributed by atoms with Gasteiger partial charge in [-0.05, 0) is 31.2 Å². The van der Waals surface area contributed by atoms with E-state index >= 15 is 0 Å². The van der Waals surface area contributed by atoms with Crippen LogP contribution in [0.1, 0.15) is 15.4 Å². The van der Waals surface area contributed by atoms with Gasteiger partial charge >= 0.3 is 0 Å². The minimum Gasteiger partial charge on any atom is -0.449 e. The second-order valence-corrected chi connectivity index (χ2v) is 9.37. The van der Waals surface area contributed by atoms with Gasteiger partial charge in [0, 0.05) is 23.4 Å². The van der Waals surface area contributed by atoms with Gasteiger partial charge in [-0.25, -0.2) is 8.42 Å². The maximum absolute atomic E-state index is 13.0. The minimum absolute atomic E-state index is 0.00467. The molecule has 1 fully saturated rings. The molecule has 0 saturated carbocycles. The first-order valence-electron chi connectivity index (χ1n) is 8.43. The van der Waals surface area contributed by atoms with Gasteiger partial charge in [0.2, 0.25) is 5.76 Å². The number of carbonyl (C=O) groups excluding carboxylic acids is 1. The number of hydrogen-bond acceptors (Lipinski definition) is 6. The highest BCUT2D eigenvalue weighted by Crippen LogP contribution is 2.34.